The Hall–Kier alpha value is -2.38. The summed E-state index contributed by atoms with van der Waals surface area (Å²) in [6, 6.07) is 8.06. The van der Waals surface area contributed by atoms with E-state index >= 15 is 0 Å². The summed E-state index contributed by atoms with van der Waals surface area (Å²) in [6.07, 6.45) is 3.31. The second-order valence-corrected chi connectivity index (χ2v) is 8.70. The number of thiophene rings is 1. The standard InChI is InChI=1S/C22H28N4O2S/c1-16-14-17(21(27)26-10-3-2-4-20-19(26)7-13-29-20)5-6-18(16)15-24-22(28)25-11-8-23-9-12-25/h5-7,13-14,23H,2-4,8-12,15H2,1H3,(H,24,28)/p+1. The maximum Gasteiger partial charge on any atom is 0.373 e. The second-order valence-electron chi connectivity index (χ2n) is 7.70. The maximum absolute atomic E-state index is 12.3. The van der Waals surface area contributed by atoms with Gasteiger partial charge in [-0.1, -0.05) is 6.07 Å². The molecule has 4 rings (SSSR count). The van der Waals surface area contributed by atoms with Crippen LogP contribution in [-0.4, -0.2) is 59.2 Å². The molecule has 1 saturated heterocycles. The van der Waals surface area contributed by atoms with Gasteiger partial charge in [-0.25, -0.2) is 4.79 Å². The van der Waals surface area contributed by atoms with Crippen LogP contribution in [0.1, 0.15) is 34.4 Å². The number of piperazine rings is 1. The number of urea groups is 1. The van der Waals surface area contributed by atoms with Crippen molar-refractivity contribution in [1.29, 1.82) is 0 Å². The quantitative estimate of drug-likeness (QED) is 0.535. The van der Waals surface area contributed by atoms with Crippen LogP contribution in [0.4, 0.5) is 10.5 Å². The van der Waals surface area contributed by atoms with Gasteiger partial charge < -0.3 is 20.6 Å². The predicted molar refractivity (Wildman–Crippen MR) is 117 cm³/mol. The zero-order valence-electron chi connectivity index (χ0n) is 16.9. The lowest BCUT2D eigenvalue weighted by Gasteiger charge is -2.27. The average molecular weight is 414 g/mol. The molecule has 1 fully saturated rings. The lowest BCUT2D eigenvalue weighted by molar-refractivity contribution is -0.448. The number of benzene rings is 1. The summed E-state index contributed by atoms with van der Waals surface area (Å²) < 4.78 is 2.04. The topological polar surface area (TPSA) is 67.6 Å². The molecule has 2 aromatic rings. The van der Waals surface area contributed by atoms with Crippen molar-refractivity contribution >= 4 is 29.0 Å². The molecule has 2 aliphatic rings. The molecule has 154 valence electrons. The summed E-state index contributed by atoms with van der Waals surface area (Å²) >= 11 is 1.77. The number of carbonyl (C=O) groups excluding carboxylic acids is 1. The lowest BCUT2D eigenvalue weighted by atomic mass is 10.0. The van der Waals surface area contributed by atoms with E-state index in [0.717, 1.165) is 74.4 Å². The number of amides is 2. The van der Waals surface area contributed by atoms with E-state index in [-0.39, 0.29) is 6.03 Å². The van der Waals surface area contributed by atoms with Gasteiger partial charge in [0, 0.05) is 45.2 Å². The van der Waals surface area contributed by atoms with Crippen LogP contribution >= 0.6 is 11.3 Å². The normalized spacial score (nSPS) is 18.7. The molecule has 2 amide bonds. The lowest BCUT2D eigenvalue weighted by Crippen LogP contribution is -2.50. The van der Waals surface area contributed by atoms with Gasteiger partial charge in [-0.05, 0) is 48.4 Å². The van der Waals surface area contributed by atoms with Crippen molar-refractivity contribution in [2.24, 2.45) is 0 Å². The summed E-state index contributed by atoms with van der Waals surface area (Å²) in [7, 11) is 0. The monoisotopic (exact) mass is 413 g/mol. The summed E-state index contributed by atoms with van der Waals surface area (Å²) in [5.41, 5.74) is 4.08. The molecule has 1 aromatic heterocycles. The van der Waals surface area contributed by atoms with Crippen molar-refractivity contribution in [2.45, 2.75) is 32.7 Å². The molecule has 3 N–H and O–H groups in total. The van der Waals surface area contributed by atoms with Gasteiger partial charge in [0.1, 0.15) is 0 Å². The van der Waals surface area contributed by atoms with Crippen LogP contribution in [0.25, 0.3) is 0 Å². The zero-order chi connectivity index (χ0) is 20.2. The number of aryl methyl sites for hydroxylation is 2. The third-order valence-electron chi connectivity index (χ3n) is 5.74. The van der Waals surface area contributed by atoms with Gasteiger partial charge in [0.25, 0.3) is 0 Å². The first-order chi connectivity index (χ1) is 14.1. The van der Waals surface area contributed by atoms with Gasteiger partial charge in [-0.2, -0.15) is 4.58 Å². The van der Waals surface area contributed by atoms with E-state index in [9.17, 15) is 9.90 Å². The van der Waals surface area contributed by atoms with Crippen LogP contribution in [0.5, 0.6) is 0 Å². The Bertz CT molecular complexity index is 915. The van der Waals surface area contributed by atoms with E-state index in [0.29, 0.717) is 12.4 Å². The van der Waals surface area contributed by atoms with Gasteiger partial charge in [-0.15, -0.1) is 11.3 Å². The van der Waals surface area contributed by atoms with E-state index in [1.807, 2.05) is 34.6 Å². The molecule has 0 radical (unpaired) electrons. The minimum Gasteiger partial charge on any atom is -0.459 e. The first-order valence-electron chi connectivity index (χ1n) is 10.4. The van der Waals surface area contributed by atoms with Crippen molar-refractivity contribution in [3.05, 3.63) is 51.2 Å². The molecular weight excluding hydrogens is 384 g/mol. The van der Waals surface area contributed by atoms with Crippen molar-refractivity contribution in [3.63, 3.8) is 0 Å². The maximum atomic E-state index is 12.3. The molecule has 1 aromatic carbocycles. The van der Waals surface area contributed by atoms with Crippen LogP contribution < -0.4 is 10.6 Å². The minimum absolute atomic E-state index is 0.0149. The average Bonchev–Trinajstić information content (AvgIpc) is 3.12. The molecule has 0 saturated carbocycles. The highest BCUT2D eigenvalue weighted by Crippen LogP contribution is 2.30. The molecule has 0 unspecified atom stereocenters. The molecule has 7 heteroatoms. The predicted octanol–water partition coefficient (Wildman–Crippen LogP) is 3.16. The minimum atomic E-state index is -0.0149. The smallest absolute Gasteiger partial charge is 0.373 e. The fraction of sp³-hybridized carbons (Fsp3) is 0.455. The highest BCUT2D eigenvalue weighted by molar-refractivity contribution is 7.10. The highest BCUT2D eigenvalue weighted by atomic mass is 32.1. The fourth-order valence-corrected chi connectivity index (χ4v) is 4.92. The van der Waals surface area contributed by atoms with Crippen molar-refractivity contribution in [2.75, 3.05) is 32.7 Å². The Labute approximate surface area is 175 Å². The Morgan fingerprint density at radius 3 is 2.90 bits per heavy atom. The van der Waals surface area contributed by atoms with Gasteiger partial charge >= 0.3 is 11.9 Å². The zero-order valence-corrected chi connectivity index (χ0v) is 17.7. The van der Waals surface area contributed by atoms with Crippen LogP contribution in [0.2, 0.25) is 0 Å². The third-order valence-corrected chi connectivity index (χ3v) is 6.71. The Morgan fingerprint density at radius 1 is 1.28 bits per heavy atom. The summed E-state index contributed by atoms with van der Waals surface area (Å²) in [4.78, 5) is 15.5. The number of hydrogen-bond donors (Lipinski definition) is 3. The Morgan fingerprint density at radius 2 is 2.10 bits per heavy atom. The van der Waals surface area contributed by atoms with E-state index in [4.69, 9.17) is 0 Å². The Kier molecular flexibility index (Phi) is 6.16. The Balaban J connectivity index is 1.49. The van der Waals surface area contributed by atoms with Gasteiger partial charge in [0.15, 0.2) is 6.54 Å². The van der Waals surface area contributed by atoms with Crippen LogP contribution in [0.15, 0.2) is 29.6 Å². The number of hydrogen-bond acceptors (Lipinski definition) is 3. The number of nitrogens with zero attached hydrogens (tertiary/aromatic N) is 2. The first-order valence-corrected chi connectivity index (χ1v) is 11.2. The number of nitrogens with one attached hydrogen (secondary N) is 2. The van der Waals surface area contributed by atoms with E-state index in [1.54, 1.807) is 11.3 Å². The van der Waals surface area contributed by atoms with Crippen molar-refractivity contribution in [3.8, 4) is 0 Å². The molecule has 6 nitrogen and oxygen atoms in total. The third kappa shape index (κ3) is 4.46. The number of aliphatic hydroxyl groups is 1. The van der Waals surface area contributed by atoms with E-state index in [2.05, 4.69) is 22.1 Å². The number of fused-ring (bicyclic) bond motifs is 1. The number of aliphatic hydroxyl groups excluding tert-OH is 1. The molecule has 0 spiro atoms. The fourth-order valence-electron chi connectivity index (χ4n) is 4.00. The molecular formula is C22H29N4O2S+. The SMILES string of the molecule is Cc1cc(C(O)=[N+]2CCCCc3sccc32)ccc1CNC(=O)N1CCNCC1. The molecule has 2 aliphatic heterocycles. The number of carbonyl (C=O) groups is 1. The largest absolute Gasteiger partial charge is 0.459 e. The first kappa shape index (κ1) is 19.9. The number of rotatable bonds is 3. The van der Waals surface area contributed by atoms with Gasteiger partial charge in [0.2, 0.25) is 5.69 Å². The van der Waals surface area contributed by atoms with Crippen LogP contribution in [-0.2, 0) is 13.0 Å². The van der Waals surface area contributed by atoms with E-state index in [1.165, 1.54) is 4.88 Å². The van der Waals surface area contributed by atoms with Crippen LogP contribution in [0, 0.1) is 6.92 Å². The van der Waals surface area contributed by atoms with Gasteiger partial charge in [0.05, 0.1) is 10.4 Å². The van der Waals surface area contributed by atoms with Crippen molar-refractivity contribution < 1.29 is 14.5 Å². The molecule has 3 heterocycles. The van der Waals surface area contributed by atoms with Crippen LogP contribution in [0.3, 0.4) is 0 Å². The second kappa shape index (κ2) is 8.97. The molecule has 0 atom stereocenters. The summed E-state index contributed by atoms with van der Waals surface area (Å²) in [5.74, 6) is 0.311. The van der Waals surface area contributed by atoms with Gasteiger partial charge in [-0.3, -0.25) is 0 Å². The summed E-state index contributed by atoms with van der Waals surface area (Å²) in [5, 5.41) is 19.4. The van der Waals surface area contributed by atoms with E-state index < -0.39 is 0 Å². The molecule has 29 heavy (non-hydrogen) atoms. The highest BCUT2D eigenvalue weighted by Gasteiger charge is 2.25. The summed E-state index contributed by atoms with van der Waals surface area (Å²) in [6.45, 7) is 6.53. The van der Waals surface area contributed by atoms with Crippen molar-refractivity contribution in [1.82, 2.24) is 15.5 Å². The molecule has 0 bridgehead atoms. The molecule has 0 aliphatic carbocycles.